The molecule has 2 aromatic carbocycles. The fourth-order valence-electron chi connectivity index (χ4n) is 2.61. The molecule has 0 bridgehead atoms. The zero-order valence-corrected chi connectivity index (χ0v) is 12.5. The van der Waals surface area contributed by atoms with Gasteiger partial charge in [0.2, 0.25) is 0 Å². The van der Waals surface area contributed by atoms with Crippen LogP contribution in [0.5, 0.6) is 0 Å². The van der Waals surface area contributed by atoms with E-state index in [-0.39, 0.29) is 11.2 Å². The molecule has 0 atom stereocenters. The zero-order valence-electron chi connectivity index (χ0n) is 11.7. The Morgan fingerprint density at radius 2 is 1.48 bits per heavy atom. The van der Waals surface area contributed by atoms with Crippen molar-refractivity contribution in [1.29, 1.82) is 0 Å². The highest BCUT2D eigenvalue weighted by molar-refractivity contribution is 6.30. The third-order valence-corrected chi connectivity index (χ3v) is 3.91. The predicted molar refractivity (Wildman–Crippen MR) is 89.0 cm³/mol. The van der Waals surface area contributed by atoms with Crippen LogP contribution in [-0.4, -0.2) is 0 Å². The van der Waals surface area contributed by atoms with Crippen LogP contribution in [0.4, 0.5) is 0 Å². The molecule has 0 aliphatic heterocycles. The summed E-state index contributed by atoms with van der Waals surface area (Å²) in [5, 5.41) is 1.50. The van der Waals surface area contributed by atoms with Gasteiger partial charge in [0.15, 0.2) is 11.2 Å². The minimum absolute atomic E-state index is 0.246. The molecule has 112 valence electrons. The quantitative estimate of drug-likeness (QED) is 0.492. The first-order valence-corrected chi connectivity index (χ1v) is 7.27. The summed E-state index contributed by atoms with van der Waals surface area (Å²) in [5.74, 6) is 0. The lowest BCUT2D eigenvalue weighted by Gasteiger charge is -2.06. The highest BCUT2D eigenvalue weighted by atomic mass is 35.5. The van der Waals surface area contributed by atoms with Gasteiger partial charge in [0.1, 0.15) is 0 Å². The average molecular weight is 325 g/mol. The molecule has 4 rings (SSSR count). The molecule has 4 nitrogen and oxygen atoms in total. The molecule has 0 aliphatic carbocycles. The predicted octanol–water partition coefficient (Wildman–Crippen LogP) is 4.22. The van der Waals surface area contributed by atoms with Crippen molar-refractivity contribution in [3.63, 3.8) is 0 Å². The van der Waals surface area contributed by atoms with Crippen LogP contribution in [0.1, 0.15) is 0 Å². The molecular weight excluding hydrogens is 316 g/mol. The molecule has 0 saturated heterocycles. The lowest BCUT2D eigenvalue weighted by Crippen LogP contribution is -2.04. The van der Waals surface area contributed by atoms with Crippen molar-refractivity contribution >= 4 is 33.5 Å². The van der Waals surface area contributed by atoms with E-state index in [0.717, 1.165) is 0 Å². The molecular formula is C18H9ClO4. The first-order chi connectivity index (χ1) is 11.1. The fourth-order valence-corrected chi connectivity index (χ4v) is 2.74. The van der Waals surface area contributed by atoms with Crippen LogP contribution in [-0.2, 0) is 0 Å². The molecule has 0 radical (unpaired) electrons. The zero-order chi connectivity index (χ0) is 16.0. The Bertz CT molecular complexity index is 1150. The molecule has 23 heavy (non-hydrogen) atoms. The number of fused-ring (bicyclic) bond motifs is 3. The van der Waals surface area contributed by atoms with E-state index in [2.05, 4.69) is 0 Å². The summed E-state index contributed by atoms with van der Waals surface area (Å²) in [6.45, 7) is 0. The highest BCUT2D eigenvalue weighted by Gasteiger charge is 2.15. The van der Waals surface area contributed by atoms with Gasteiger partial charge in [-0.1, -0.05) is 41.9 Å². The van der Waals surface area contributed by atoms with Crippen molar-refractivity contribution in [2.45, 2.75) is 0 Å². The van der Waals surface area contributed by atoms with E-state index in [9.17, 15) is 9.59 Å². The van der Waals surface area contributed by atoms with Crippen LogP contribution in [0.25, 0.3) is 33.1 Å². The maximum absolute atomic E-state index is 12.2. The number of hydrogen-bond donors (Lipinski definition) is 0. The van der Waals surface area contributed by atoms with Crippen molar-refractivity contribution in [2.24, 2.45) is 0 Å². The number of hydrogen-bond acceptors (Lipinski definition) is 4. The Labute approximate surface area is 134 Å². The van der Waals surface area contributed by atoms with E-state index in [1.807, 2.05) is 0 Å². The third kappa shape index (κ3) is 2.24. The van der Waals surface area contributed by atoms with Crippen molar-refractivity contribution in [1.82, 2.24) is 0 Å². The maximum Gasteiger partial charge on any atom is 0.344 e. The maximum atomic E-state index is 12.2. The van der Waals surface area contributed by atoms with Gasteiger partial charge in [-0.25, -0.2) is 9.59 Å². The summed E-state index contributed by atoms with van der Waals surface area (Å²) < 4.78 is 10.7. The van der Waals surface area contributed by atoms with Crippen LogP contribution < -0.4 is 11.3 Å². The van der Waals surface area contributed by atoms with Crippen LogP contribution in [0.2, 0.25) is 5.02 Å². The molecule has 0 saturated carbocycles. The van der Waals surface area contributed by atoms with Crippen molar-refractivity contribution < 1.29 is 8.83 Å². The van der Waals surface area contributed by atoms with E-state index < -0.39 is 11.3 Å². The fraction of sp³-hybridized carbons (Fsp3) is 0. The molecule has 0 aliphatic rings. The number of halogens is 1. The van der Waals surface area contributed by atoms with Gasteiger partial charge in [-0.15, -0.1) is 0 Å². The second-order valence-corrected chi connectivity index (χ2v) is 5.52. The van der Waals surface area contributed by atoms with E-state index in [0.29, 0.717) is 26.9 Å². The van der Waals surface area contributed by atoms with Crippen LogP contribution >= 0.6 is 11.6 Å². The molecule has 0 spiro atoms. The van der Waals surface area contributed by atoms with Gasteiger partial charge >= 0.3 is 11.3 Å². The normalized spacial score (nSPS) is 11.2. The van der Waals surface area contributed by atoms with E-state index in [4.69, 9.17) is 20.4 Å². The summed E-state index contributed by atoms with van der Waals surface area (Å²) in [4.78, 5) is 24.2. The SMILES string of the molecule is O=c1cc(-c2ccc(Cl)cc2)c2oc(=O)c3ccccc3c2o1. The van der Waals surface area contributed by atoms with Gasteiger partial charge in [0.05, 0.1) is 5.39 Å². The largest absolute Gasteiger partial charge is 0.419 e. The van der Waals surface area contributed by atoms with Crippen molar-refractivity contribution in [2.75, 3.05) is 0 Å². The van der Waals surface area contributed by atoms with Gasteiger partial charge in [-0.2, -0.15) is 0 Å². The van der Waals surface area contributed by atoms with Gasteiger partial charge in [0.25, 0.3) is 0 Å². The Balaban J connectivity index is 2.19. The molecule has 5 heteroatoms. The van der Waals surface area contributed by atoms with Crippen molar-refractivity contribution in [3.05, 3.63) is 80.5 Å². The summed E-state index contributed by atoms with van der Waals surface area (Å²) in [6, 6.07) is 15.1. The first-order valence-electron chi connectivity index (χ1n) is 6.89. The summed E-state index contributed by atoms with van der Waals surface area (Å²) >= 11 is 5.90. The number of rotatable bonds is 1. The smallest absolute Gasteiger partial charge is 0.344 e. The molecule has 0 N–H and O–H groups in total. The second kappa shape index (κ2) is 5.11. The van der Waals surface area contributed by atoms with E-state index in [1.165, 1.54) is 6.07 Å². The topological polar surface area (TPSA) is 60.4 Å². The lowest BCUT2D eigenvalue weighted by molar-refractivity contribution is 0.524. The standard InChI is InChI=1S/C18H9ClO4/c19-11-7-5-10(6-8-11)14-9-15(20)22-16-12-3-1-2-4-13(12)18(21)23-17(14)16/h1-9H. The molecule has 0 unspecified atom stereocenters. The Hall–Kier alpha value is -2.85. The van der Waals surface area contributed by atoms with Gasteiger partial charge in [0, 0.05) is 22.0 Å². The first kappa shape index (κ1) is 13.8. The van der Waals surface area contributed by atoms with Gasteiger partial charge in [-0.3, -0.25) is 0 Å². The van der Waals surface area contributed by atoms with Crippen LogP contribution in [0, 0.1) is 0 Å². The van der Waals surface area contributed by atoms with Crippen LogP contribution in [0.15, 0.2) is 73.0 Å². The summed E-state index contributed by atoms with van der Waals surface area (Å²) in [7, 11) is 0. The van der Waals surface area contributed by atoms with Gasteiger partial charge in [-0.05, 0) is 23.8 Å². The Morgan fingerprint density at radius 1 is 0.783 bits per heavy atom. The Kier molecular flexibility index (Phi) is 3.06. The van der Waals surface area contributed by atoms with E-state index >= 15 is 0 Å². The molecule has 0 fully saturated rings. The van der Waals surface area contributed by atoms with Gasteiger partial charge < -0.3 is 8.83 Å². The minimum atomic E-state index is -0.513. The summed E-state index contributed by atoms with van der Waals surface area (Å²) in [6.07, 6.45) is 0. The summed E-state index contributed by atoms with van der Waals surface area (Å²) in [5.41, 5.74) is 0.730. The lowest BCUT2D eigenvalue weighted by atomic mass is 10.0. The number of benzene rings is 2. The average Bonchev–Trinajstić information content (AvgIpc) is 2.56. The van der Waals surface area contributed by atoms with E-state index in [1.54, 1.807) is 48.5 Å². The minimum Gasteiger partial charge on any atom is -0.419 e. The third-order valence-electron chi connectivity index (χ3n) is 3.66. The second-order valence-electron chi connectivity index (χ2n) is 5.08. The van der Waals surface area contributed by atoms with Crippen molar-refractivity contribution in [3.8, 4) is 11.1 Å². The highest BCUT2D eigenvalue weighted by Crippen LogP contribution is 2.30. The molecule has 4 aromatic rings. The Morgan fingerprint density at radius 3 is 2.22 bits per heavy atom. The van der Waals surface area contributed by atoms with Crippen LogP contribution in [0.3, 0.4) is 0 Å². The molecule has 0 amide bonds. The molecule has 2 heterocycles. The monoisotopic (exact) mass is 324 g/mol. The molecule has 2 aromatic heterocycles.